The molecule has 32 heavy (non-hydrogen) atoms. The van der Waals surface area contributed by atoms with Crippen LogP contribution in [0.5, 0.6) is 5.75 Å². The van der Waals surface area contributed by atoms with Crippen LogP contribution >= 0.6 is 0 Å². The molecule has 4 rings (SSSR count). The second-order valence-electron chi connectivity index (χ2n) is 7.99. The lowest BCUT2D eigenvalue weighted by atomic mass is 10.1. The van der Waals surface area contributed by atoms with Crippen molar-refractivity contribution in [2.75, 3.05) is 37.9 Å². The standard InChI is InChI=1S/C19H22FN3O4.CH4O3S/c1-10-8-22(6-5-21-10)16-14(20)7-12-15(18(16)27-2)23(11-3-4-11)9-13(17(12)24)19(25)26;1-5(2,3)4/h7,9-11,21H,3-6,8H2,1-2H3,(H,25,26);1H3,(H,2,3,4)/t10-;/m0./s1. The molecular formula is C20H26FN3O7S. The number of aromatic carboxylic acids is 1. The predicted molar refractivity (Wildman–Crippen MR) is 117 cm³/mol. The minimum absolute atomic E-state index is 0.0445. The zero-order valence-corrected chi connectivity index (χ0v) is 18.8. The summed E-state index contributed by atoms with van der Waals surface area (Å²) in [6.07, 6.45) is 3.86. The normalized spacial score (nSPS) is 18.8. The Morgan fingerprint density at radius 1 is 1.34 bits per heavy atom. The van der Waals surface area contributed by atoms with Gasteiger partial charge in [0.1, 0.15) is 11.3 Å². The third kappa shape index (κ3) is 5.19. The summed E-state index contributed by atoms with van der Waals surface area (Å²) in [4.78, 5) is 26.1. The predicted octanol–water partition coefficient (Wildman–Crippen LogP) is 1.48. The number of nitrogens with one attached hydrogen (secondary N) is 1. The molecule has 1 aromatic heterocycles. The Balaban J connectivity index is 0.000000523. The Morgan fingerprint density at radius 2 is 1.97 bits per heavy atom. The van der Waals surface area contributed by atoms with Crippen LogP contribution in [0.3, 0.4) is 0 Å². The van der Waals surface area contributed by atoms with Crippen LogP contribution in [0.1, 0.15) is 36.2 Å². The number of nitrogens with zero attached hydrogens (tertiary/aromatic N) is 2. The van der Waals surface area contributed by atoms with Crippen LogP contribution in [0.15, 0.2) is 17.1 Å². The number of ether oxygens (including phenoxy) is 1. The van der Waals surface area contributed by atoms with Crippen LogP contribution in [0.25, 0.3) is 10.9 Å². The highest BCUT2D eigenvalue weighted by Crippen LogP contribution is 2.43. The molecule has 1 aliphatic carbocycles. The molecule has 2 aliphatic rings. The number of aromatic nitrogens is 1. The van der Waals surface area contributed by atoms with Gasteiger partial charge in [0.2, 0.25) is 5.43 Å². The molecule has 176 valence electrons. The smallest absolute Gasteiger partial charge is 0.341 e. The Kier molecular flexibility index (Phi) is 6.77. The van der Waals surface area contributed by atoms with E-state index in [1.807, 2.05) is 11.8 Å². The number of benzene rings is 1. The number of hydrogen-bond donors (Lipinski definition) is 3. The first kappa shape index (κ1) is 24.0. The first-order chi connectivity index (χ1) is 14.9. The highest BCUT2D eigenvalue weighted by molar-refractivity contribution is 7.85. The monoisotopic (exact) mass is 471 g/mol. The highest BCUT2D eigenvalue weighted by atomic mass is 32.2. The minimum Gasteiger partial charge on any atom is -0.492 e. The number of carbonyl (C=O) groups is 1. The first-order valence-electron chi connectivity index (χ1n) is 10.0. The largest absolute Gasteiger partial charge is 0.492 e. The second kappa shape index (κ2) is 9.04. The minimum atomic E-state index is -3.67. The average Bonchev–Trinajstić information content (AvgIpc) is 3.51. The molecule has 1 saturated heterocycles. The molecule has 2 fully saturated rings. The van der Waals surface area contributed by atoms with E-state index < -0.39 is 27.3 Å². The van der Waals surface area contributed by atoms with Crippen molar-refractivity contribution in [3.05, 3.63) is 33.9 Å². The lowest BCUT2D eigenvalue weighted by Gasteiger charge is -2.35. The lowest BCUT2D eigenvalue weighted by Crippen LogP contribution is -2.49. The van der Waals surface area contributed by atoms with Crippen LogP contribution in [-0.4, -0.2) is 67.7 Å². The van der Waals surface area contributed by atoms with Gasteiger partial charge in [-0.15, -0.1) is 0 Å². The Labute approximate surface area is 184 Å². The number of carboxylic acids is 1. The summed E-state index contributed by atoms with van der Waals surface area (Å²) in [5.41, 5.74) is -0.237. The van der Waals surface area contributed by atoms with Crippen LogP contribution in [0, 0.1) is 5.82 Å². The van der Waals surface area contributed by atoms with Crippen LogP contribution in [0.2, 0.25) is 0 Å². The molecule has 0 amide bonds. The number of rotatable bonds is 4. The summed E-state index contributed by atoms with van der Waals surface area (Å²) in [6, 6.07) is 1.45. The Bertz CT molecular complexity index is 1200. The van der Waals surface area contributed by atoms with Gasteiger partial charge in [0, 0.05) is 37.9 Å². The number of fused-ring (bicyclic) bond motifs is 1. The van der Waals surface area contributed by atoms with E-state index in [-0.39, 0.29) is 23.0 Å². The van der Waals surface area contributed by atoms with E-state index in [1.165, 1.54) is 13.3 Å². The van der Waals surface area contributed by atoms with Gasteiger partial charge in [-0.2, -0.15) is 8.42 Å². The van der Waals surface area contributed by atoms with Crippen molar-refractivity contribution >= 4 is 32.7 Å². The number of methoxy groups -OCH3 is 1. The molecule has 3 N–H and O–H groups in total. The molecule has 1 atom stereocenters. The van der Waals surface area contributed by atoms with Crippen molar-refractivity contribution in [1.29, 1.82) is 0 Å². The third-order valence-corrected chi connectivity index (χ3v) is 5.26. The summed E-state index contributed by atoms with van der Waals surface area (Å²) < 4.78 is 48.3. The summed E-state index contributed by atoms with van der Waals surface area (Å²) in [5, 5.41) is 12.7. The molecule has 2 heterocycles. The summed E-state index contributed by atoms with van der Waals surface area (Å²) in [7, 11) is -2.21. The number of hydrogen-bond acceptors (Lipinski definition) is 7. The van der Waals surface area contributed by atoms with Gasteiger partial charge in [-0.05, 0) is 25.8 Å². The Morgan fingerprint density at radius 3 is 2.47 bits per heavy atom. The third-order valence-electron chi connectivity index (χ3n) is 5.26. The van der Waals surface area contributed by atoms with E-state index >= 15 is 4.39 Å². The van der Waals surface area contributed by atoms with E-state index in [0.717, 1.165) is 25.5 Å². The maximum absolute atomic E-state index is 15.1. The number of piperazine rings is 1. The van der Waals surface area contributed by atoms with Crippen molar-refractivity contribution < 1.29 is 32.0 Å². The summed E-state index contributed by atoms with van der Waals surface area (Å²) in [6.45, 7) is 3.97. The zero-order valence-electron chi connectivity index (χ0n) is 18.0. The van der Waals surface area contributed by atoms with Crippen LogP contribution in [-0.2, 0) is 10.1 Å². The summed E-state index contributed by atoms with van der Waals surface area (Å²) >= 11 is 0. The van der Waals surface area contributed by atoms with E-state index in [9.17, 15) is 23.1 Å². The highest BCUT2D eigenvalue weighted by Gasteiger charge is 2.32. The number of pyridine rings is 1. The molecule has 0 unspecified atom stereocenters. The number of carboxylic acid groups (broad SMARTS) is 1. The van der Waals surface area contributed by atoms with E-state index in [4.69, 9.17) is 9.29 Å². The van der Waals surface area contributed by atoms with Crippen LogP contribution < -0.4 is 20.4 Å². The fourth-order valence-corrected chi connectivity index (χ4v) is 3.86. The van der Waals surface area contributed by atoms with Crippen molar-refractivity contribution in [3.63, 3.8) is 0 Å². The van der Waals surface area contributed by atoms with Gasteiger partial charge in [-0.25, -0.2) is 9.18 Å². The number of anilines is 1. The molecular weight excluding hydrogens is 445 g/mol. The Hall–Kier alpha value is -2.70. The van der Waals surface area contributed by atoms with Gasteiger partial charge in [-0.1, -0.05) is 0 Å². The van der Waals surface area contributed by atoms with Crippen molar-refractivity contribution in [2.24, 2.45) is 0 Å². The molecule has 0 spiro atoms. The molecule has 1 saturated carbocycles. The van der Waals surface area contributed by atoms with Crippen LogP contribution in [0.4, 0.5) is 10.1 Å². The second-order valence-corrected chi connectivity index (χ2v) is 9.45. The maximum atomic E-state index is 15.1. The van der Waals surface area contributed by atoms with E-state index in [0.29, 0.717) is 36.3 Å². The topological polar surface area (TPSA) is 138 Å². The van der Waals surface area contributed by atoms with Crippen molar-refractivity contribution in [3.8, 4) is 5.75 Å². The number of halogens is 1. The maximum Gasteiger partial charge on any atom is 0.341 e. The summed E-state index contributed by atoms with van der Waals surface area (Å²) in [5.74, 6) is -1.59. The molecule has 0 bridgehead atoms. The van der Waals surface area contributed by atoms with Gasteiger partial charge < -0.3 is 24.6 Å². The fraction of sp³-hybridized carbons (Fsp3) is 0.500. The van der Waals surface area contributed by atoms with E-state index in [2.05, 4.69) is 5.32 Å². The molecule has 2 aromatic rings. The van der Waals surface area contributed by atoms with Crippen molar-refractivity contribution in [2.45, 2.75) is 31.8 Å². The van der Waals surface area contributed by atoms with Gasteiger partial charge >= 0.3 is 5.97 Å². The quantitative estimate of drug-likeness (QED) is 0.566. The van der Waals surface area contributed by atoms with E-state index in [1.54, 1.807) is 4.57 Å². The molecule has 0 radical (unpaired) electrons. The zero-order chi connectivity index (χ0) is 23.8. The average molecular weight is 472 g/mol. The SMILES string of the molecule is COc1c(N2CCN[C@@H](C)C2)c(F)cc2c(=O)c(C(=O)O)cn(C3CC3)c12.CS(=O)(=O)O. The fourth-order valence-electron chi connectivity index (χ4n) is 3.86. The molecule has 1 aromatic carbocycles. The molecule has 1 aliphatic heterocycles. The molecule has 10 nitrogen and oxygen atoms in total. The van der Waals surface area contributed by atoms with Crippen molar-refractivity contribution in [1.82, 2.24) is 9.88 Å². The lowest BCUT2D eigenvalue weighted by molar-refractivity contribution is 0.0694. The van der Waals surface area contributed by atoms with Gasteiger partial charge in [0.25, 0.3) is 10.1 Å². The van der Waals surface area contributed by atoms with Gasteiger partial charge in [0.05, 0.1) is 24.3 Å². The first-order valence-corrected chi connectivity index (χ1v) is 11.9. The van der Waals surface area contributed by atoms with Gasteiger partial charge in [-0.3, -0.25) is 9.35 Å². The molecule has 12 heteroatoms. The van der Waals surface area contributed by atoms with Gasteiger partial charge in [0.15, 0.2) is 11.6 Å².